The highest BCUT2D eigenvalue weighted by atomic mass is 19.1. The predicted molar refractivity (Wildman–Crippen MR) is 104 cm³/mol. The third-order valence-electron chi connectivity index (χ3n) is 5.02. The van der Waals surface area contributed by atoms with Crippen LogP contribution in [0.5, 0.6) is 0 Å². The van der Waals surface area contributed by atoms with Gasteiger partial charge in [-0.1, -0.05) is 6.07 Å². The van der Waals surface area contributed by atoms with Crippen molar-refractivity contribution >= 4 is 17.7 Å². The number of carbonyl (C=O) groups is 1. The van der Waals surface area contributed by atoms with Gasteiger partial charge < -0.3 is 15.5 Å². The van der Waals surface area contributed by atoms with Crippen LogP contribution in [-0.2, 0) is 0 Å². The minimum Gasteiger partial charge on any atom is -0.363 e. The minimum atomic E-state index is -0.842. The maximum absolute atomic E-state index is 13.7. The normalized spacial score (nSPS) is 19.1. The first-order valence-corrected chi connectivity index (χ1v) is 9.43. The van der Waals surface area contributed by atoms with Crippen molar-refractivity contribution in [1.29, 1.82) is 0 Å². The fourth-order valence-corrected chi connectivity index (χ4v) is 3.40. The molecule has 1 heterocycles. The quantitative estimate of drug-likeness (QED) is 0.794. The average Bonchev–Trinajstić information content (AvgIpc) is 2.67. The van der Waals surface area contributed by atoms with E-state index in [2.05, 4.69) is 20.6 Å². The number of amides is 1. The molecule has 1 aliphatic carbocycles. The van der Waals surface area contributed by atoms with Crippen molar-refractivity contribution in [3.63, 3.8) is 0 Å². The maximum Gasteiger partial charge on any atom is 0.257 e. The molecule has 2 N–H and O–H groups in total. The summed E-state index contributed by atoms with van der Waals surface area (Å²) in [6.07, 6.45) is 5.39. The fourth-order valence-electron chi connectivity index (χ4n) is 3.40. The van der Waals surface area contributed by atoms with Crippen LogP contribution in [0, 0.1) is 17.6 Å². The topological polar surface area (TPSA) is 70.2 Å². The standard InChI is InChI=1S/C20H25F2N5O/c1-27(2)17-10-11-23-20(26-17)25-14-8-6-13(7-9-14)12-24-19(28)18-15(21)4-3-5-16(18)22/h3-5,10-11,13-14H,6-9,12H2,1-2H3,(H,24,28)(H,23,25,26)/t13-,14+. The Morgan fingerprint density at radius 1 is 1.14 bits per heavy atom. The van der Waals surface area contributed by atoms with Crippen LogP contribution in [0.4, 0.5) is 20.5 Å². The van der Waals surface area contributed by atoms with E-state index in [1.54, 1.807) is 6.20 Å². The second-order valence-electron chi connectivity index (χ2n) is 7.30. The van der Waals surface area contributed by atoms with E-state index in [0.29, 0.717) is 12.5 Å². The molecular formula is C20H25F2N5O. The number of benzene rings is 1. The molecule has 0 saturated heterocycles. The molecule has 0 bridgehead atoms. The lowest BCUT2D eigenvalue weighted by Crippen LogP contribution is -2.34. The molecule has 8 heteroatoms. The summed E-state index contributed by atoms with van der Waals surface area (Å²) in [5.74, 6) is -0.654. The van der Waals surface area contributed by atoms with Gasteiger partial charge >= 0.3 is 0 Å². The summed E-state index contributed by atoms with van der Waals surface area (Å²) in [5, 5.41) is 6.03. The van der Waals surface area contributed by atoms with Crippen molar-refractivity contribution in [2.75, 3.05) is 30.9 Å². The minimum absolute atomic E-state index is 0.272. The lowest BCUT2D eigenvalue weighted by atomic mass is 9.86. The van der Waals surface area contributed by atoms with Crippen molar-refractivity contribution in [2.45, 2.75) is 31.7 Å². The zero-order chi connectivity index (χ0) is 20.1. The number of halogens is 2. The molecule has 28 heavy (non-hydrogen) atoms. The predicted octanol–water partition coefficient (Wildman–Crippen LogP) is 3.22. The summed E-state index contributed by atoms with van der Waals surface area (Å²) in [4.78, 5) is 22.8. The number of nitrogens with zero attached hydrogens (tertiary/aromatic N) is 3. The Hall–Kier alpha value is -2.77. The Morgan fingerprint density at radius 2 is 1.82 bits per heavy atom. The summed E-state index contributed by atoms with van der Waals surface area (Å²) in [5.41, 5.74) is -0.518. The van der Waals surface area contributed by atoms with E-state index >= 15 is 0 Å². The van der Waals surface area contributed by atoms with Crippen LogP contribution in [-0.4, -0.2) is 42.6 Å². The van der Waals surface area contributed by atoms with Gasteiger partial charge in [0.25, 0.3) is 5.91 Å². The van der Waals surface area contributed by atoms with Crippen LogP contribution >= 0.6 is 0 Å². The molecule has 1 fully saturated rings. The lowest BCUT2D eigenvalue weighted by molar-refractivity contribution is 0.0935. The van der Waals surface area contributed by atoms with Crippen LogP contribution in [0.3, 0.4) is 0 Å². The summed E-state index contributed by atoms with van der Waals surface area (Å²) in [6.45, 7) is 0.409. The monoisotopic (exact) mass is 389 g/mol. The molecule has 0 spiro atoms. The number of aromatic nitrogens is 2. The SMILES string of the molecule is CN(C)c1ccnc(N[C@H]2CC[C@@H](CNC(=O)c3c(F)cccc3F)CC2)n1. The van der Waals surface area contributed by atoms with Crippen molar-refractivity contribution in [1.82, 2.24) is 15.3 Å². The van der Waals surface area contributed by atoms with Gasteiger partial charge in [-0.15, -0.1) is 0 Å². The third kappa shape index (κ3) is 4.94. The first-order valence-electron chi connectivity index (χ1n) is 9.43. The summed E-state index contributed by atoms with van der Waals surface area (Å²) < 4.78 is 27.4. The molecule has 0 aliphatic heterocycles. The Kier molecular flexibility index (Phi) is 6.38. The van der Waals surface area contributed by atoms with E-state index in [0.717, 1.165) is 43.6 Å². The molecule has 6 nitrogen and oxygen atoms in total. The van der Waals surface area contributed by atoms with Gasteiger partial charge in [-0.3, -0.25) is 4.79 Å². The molecule has 1 saturated carbocycles. The summed E-state index contributed by atoms with van der Waals surface area (Å²) in [7, 11) is 3.86. The first kappa shape index (κ1) is 20.0. The highest BCUT2D eigenvalue weighted by molar-refractivity contribution is 5.94. The number of carbonyl (C=O) groups excluding carboxylic acids is 1. The molecule has 3 rings (SSSR count). The van der Waals surface area contributed by atoms with E-state index < -0.39 is 23.1 Å². The molecule has 0 radical (unpaired) electrons. The summed E-state index contributed by atoms with van der Waals surface area (Å²) in [6, 6.07) is 5.54. The van der Waals surface area contributed by atoms with Gasteiger partial charge in [0.1, 0.15) is 23.0 Å². The van der Waals surface area contributed by atoms with E-state index in [1.165, 1.54) is 6.07 Å². The molecule has 0 atom stereocenters. The maximum atomic E-state index is 13.7. The Labute approximate surface area is 163 Å². The van der Waals surface area contributed by atoms with E-state index in [1.807, 2.05) is 25.1 Å². The van der Waals surface area contributed by atoms with Gasteiger partial charge in [-0.25, -0.2) is 13.8 Å². The Bertz CT molecular complexity index is 802. The second kappa shape index (κ2) is 8.95. The lowest BCUT2D eigenvalue weighted by Gasteiger charge is -2.29. The molecule has 2 aromatic rings. The highest BCUT2D eigenvalue weighted by Crippen LogP contribution is 2.26. The molecule has 1 aromatic heterocycles. The van der Waals surface area contributed by atoms with Gasteiger partial charge in [0.05, 0.1) is 0 Å². The van der Waals surface area contributed by atoms with Gasteiger partial charge in [-0.2, -0.15) is 4.98 Å². The highest BCUT2D eigenvalue weighted by Gasteiger charge is 2.23. The van der Waals surface area contributed by atoms with Gasteiger partial charge in [0, 0.05) is 32.9 Å². The molecular weight excluding hydrogens is 364 g/mol. The third-order valence-corrected chi connectivity index (χ3v) is 5.02. The van der Waals surface area contributed by atoms with Crippen molar-refractivity contribution in [3.05, 3.63) is 47.7 Å². The Balaban J connectivity index is 1.47. The number of hydrogen-bond donors (Lipinski definition) is 2. The van der Waals surface area contributed by atoms with Gasteiger partial charge in [0.15, 0.2) is 0 Å². The largest absolute Gasteiger partial charge is 0.363 e. The van der Waals surface area contributed by atoms with Crippen LogP contribution < -0.4 is 15.5 Å². The zero-order valence-electron chi connectivity index (χ0n) is 16.1. The van der Waals surface area contributed by atoms with Crippen LogP contribution in [0.2, 0.25) is 0 Å². The molecule has 1 amide bonds. The number of anilines is 2. The first-order chi connectivity index (χ1) is 13.4. The average molecular weight is 389 g/mol. The molecule has 0 unspecified atom stereocenters. The van der Waals surface area contributed by atoms with E-state index in [9.17, 15) is 13.6 Å². The molecule has 150 valence electrons. The molecule has 1 aliphatic rings. The van der Waals surface area contributed by atoms with Crippen LogP contribution in [0.1, 0.15) is 36.0 Å². The van der Waals surface area contributed by atoms with Crippen molar-refractivity contribution in [2.24, 2.45) is 5.92 Å². The van der Waals surface area contributed by atoms with E-state index in [4.69, 9.17) is 0 Å². The smallest absolute Gasteiger partial charge is 0.257 e. The van der Waals surface area contributed by atoms with E-state index in [-0.39, 0.29) is 12.0 Å². The van der Waals surface area contributed by atoms with Crippen LogP contribution in [0.15, 0.2) is 30.5 Å². The fraction of sp³-hybridized carbons (Fsp3) is 0.450. The Morgan fingerprint density at radius 3 is 2.46 bits per heavy atom. The number of nitrogens with one attached hydrogen (secondary N) is 2. The van der Waals surface area contributed by atoms with Gasteiger partial charge in [0.2, 0.25) is 5.95 Å². The second-order valence-corrected chi connectivity index (χ2v) is 7.30. The molecule has 1 aromatic carbocycles. The summed E-state index contributed by atoms with van der Waals surface area (Å²) >= 11 is 0. The van der Waals surface area contributed by atoms with Crippen molar-refractivity contribution in [3.8, 4) is 0 Å². The van der Waals surface area contributed by atoms with Crippen LogP contribution in [0.25, 0.3) is 0 Å². The number of rotatable bonds is 6. The van der Waals surface area contributed by atoms with Gasteiger partial charge in [-0.05, 0) is 49.8 Å². The van der Waals surface area contributed by atoms with Crippen molar-refractivity contribution < 1.29 is 13.6 Å². The number of hydrogen-bond acceptors (Lipinski definition) is 5. The zero-order valence-corrected chi connectivity index (χ0v) is 16.1.